The van der Waals surface area contributed by atoms with Crippen molar-refractivity contribution >= 4 is 62.3 Å². The molecule has 0 radical (unpaired) electrons. The SMILES string of the molecule is Cc1c(C(=O)Nc2ccc(Cl)cc2Cl)oc2c1/C(=N/NC(=O)c1ccc(Br)cc1)CCC2. The van der Waals surface area contributed by atoms with Crippen LogP contribution in [0, 0.1) is 6.92 Å². The number of amides is 2. The van der Waals surface area contributed by atoms with Crippen molar-refractivity contribution in [2.75, 3.05) is 5.32 Å². The van der Waals surface area contributed by atoms with Gasteiger partial charge in [0.05, 0.1) is 16.4 Å². The van der Waals surface area contributed by atoms with Crippen molar-refractivity contribution in [2.24, 2.45) is 5.10 Å². The molecular formula is C23H18BrCl2N3O3. The lowest BCUT2D eigenvalue weighted by Crippen LogP contribution is -2.22. The topological polar surface area (TPSA) is 83.7 Å². The number of nitrogens with one attached hydrogen (secondary N) is 2. The second-order valence-electron chi connectivity index (χ2n) is 7.29. The van der Waals surface area contributed by atoms with E-state index in [2.05, 4.69) is 31.8 Å². The zero-order valence-corrected chi connectivity index (χ0v) is 20.1. The standard InChI is InChI=1S/C23H18BrCl2N3O3/c1-12-20-18(28-29-22(30)13-5-7-14(24)8-6-13)3-2-4-19(20)32-21(12)23(31)27-17-10-9-15(25)11-16(17)26/h5-11H,2-4H2,1H3,(H,27,31)(H,29,30)/b28-18+. The maximum absolute atomic E-state index is 12.9. The molecule has 1 aromatic heterocycles. The van der Waals surface area contributed by atoms with Crippen LogP contribution < -0.4 is 10.7 Å². The molecule has 0 saturated carbocycles. The van der Waals surface area contributed by atoms with Gasteiger partial charge in [-0.15, -0.1) is 0 Å². The third kappa shape index (κ3) is 4.75. The summed E-state index contributed by atoms with van der Waals surface area (Å²) in [6.07, 6.45) is 2.15. The van der Waals surface area contributed by atoms with Crippen molar-refractivity contribution in [3.63, 3.8) is 0 Å². The number of furan rings is 1. The molecule has 6 nitrogen and oxygen atoms in total. The number of rotatable bonds is 4. The van der Waals surface area contributed by atoms with Crippen LogP contribution in [-0.2, 0) is 6.42 Å². The molecule has 0 atom stereocenters. The van der Waals surface area contributed by atoms with E-state index < -0.39 is 5.91 Å². The number of anilines is 1. The monoisotopic (exact) mass is 533 g/mol. The van der Waals surface area contributed by atoms with Gasteiger partial charge in [0.15, 0.2) is 5.76 Å². The Kier molecular flexibility index (Phi) is 6.69. The average Bonchev–Trinajstić information content (AvgIpc) is 3.12. The molecule has 0 unspecified atom stereocenters. The van der Waals surface area contributed by atoms with Gasteiger partial charge in [-0.25, -0.2) is 5.43 Å². The number of benzene rings is 2. The molecule has 0 spiro atoms. The van der Waals surface area contributed by atoms with Crippen molar-refractivity contribution in [1.29, 1.82) is 0 Å². The van der Waals surface area contributed by atoms with Gasteiger partial charge in [-0.2, -0.15) is 5.10 Å². The summed E-state index contributed by atoms with van der Waals surface area (Å²) in [5.74, 6) is 0.139. The fourth-order valence-electron chi connectivity index (χ4n) is 3.55. The van der Waals surface area contributed by atoms with Crippen molar-refractivity contribution in [3.8, 4) is 0 Å². The van der Waals surface area contributed by atoms with Crippen molar-refractivity contribution in [1.82, 2.24) is 5.43 Å². The van der Waals surface area contributed by atoms with Crippen LogP contribution in [0.15, 0.2) is 56.5 Å². The van der Waals surface area contributed by atoms with Crippen LogP contribution in [0.5, 0.6) is 0 Å². The Balaban J connectivity index is 1.57. The largest absolute Gasteiger partial charge is 0.455 e. The molecule has 2 amide bonds. The Labute approximate surface area is 203 Å². The zero-order valence-electron chi connectivity index (χ0n) is 17.0. The Morgan fingerprint density at radius 1 is 1.06 bits per heavy atom. The smallest absolute Gasteiger partial charge is 0.291 e. The summed E-state index contributed by atoms with van der Waals surface area (Å²) >= 11 is 15.4. The highest BCUT2D eigenvalue weighted by Crippen LogP contribution is 2.31. The lowest BCUT2D eigenvalue weighted by Gasteiger charge is -2.13. The molecule has 32 heavy (non-hydrogen) atoms. The van der Waals surface area contributed by atoms with Gasteiger partial charge in [0.25, 0.3) is 11.8 Å². The molecule has 0 saturated heterocycles. The lowest BCUT2D eigenvalue weighted by atomic mass is 9.93. The van der Waals surface area contributed by atoms with Crippen LogP contribution in [0.25, 0.3) is 0 Å². The molecule has 4 rings (SSSR count). The minimum Gasteiger partial charge on any atom is -0.455 e. The van der Waals surface area contributed by atoms with Gasteiger partial charge in [-0.3, -0.25) is 9.59 Å². The summed E-state index contributed by atoms with van der Waals surface area (Å²) in [5.41, 5.74) is 5.65. The van der Waals surface area contributed by atoms with Gasteiger partial charge in [0.1, 0.15) is 5.76 Å². The highest BCUT2D eigenvalue weighted by Gasteiger charge is 2.28. The maximum atomic E-state index is 12.9. The molecule has 1 heterocycles. The van der Waals surface area contributed by atoms with Gasteiger partial charge in [0.2, 0.25) is 0 Å². The number of hydrazone groups is 1. The lowest BCUT2D eigenvalue weighted by molar-refractivity contribution is 0.0953. The average molecular weight is 535 g/mol. The Morgan fingerprint density at radius 2 is 1.81 bits per heavy atom. The molecule has 2 N–H and O–H groups in total. The predicted molar refractivity (Wildman–Crippen MR) is 129 cm³/mol. The predicted octanol–water partition coefficient (Wildman–Crippen LogP) is 6.38. The molecule has 3 aromatic rings. The normalized spacial score (nSPS) is 14.2. The van der Waals surface area contributed by atoms with Crippen LogP contribution >= 0.6 is 39.1 Å². The quantitative estimate of drug-likeness (QED) is 0.381. The molecule has 1 aliphatic rings. The maximum Gasteiger partial charge on any atom is 0.291 e. The minimum absolute atomic E-state index is 0.190. The third-order valence-corrected chi connectivity index (χ3v) is 6.19. The van der Waals surface area contributed by atoms with Crippen LogP contribution in [0.3, 0.4) is 0 Å². The van der Waals surface area contributed by atoms with Gasteiger partial charge < -0.3 is 9.73 Å². The van der Waals surface area contributed by atoms with E-state index in [1.165, 1.54) is 0 Å². The van der Waals surface area contributed by atoms with E-state index >= 15 is 0 Å². The number of carbonyl (C=O) groups is 2. The van der Waals surface area contributed by atoms with Gasteiger partial charge in [-0.05, 0) is 62.2 Å². The second kappa shape index (κ2) is 9.48. The minimum atomic E-state index is -0.417. The first kappa shape index (κ1) is 22.6. The van der Waals surface area contributed by atoms with Gasteiger partial charge in [0, 0.05) is 32.6 Å². The highest BCUT2D eigenvalue weighted by atomic mass is 79.9. The number of hydrogen-bond donors (Lipinski definition) is 2. The van der Waals surface area contributed by atoms with E-state index in [9.17, 15) is 9.59 Å². The Morgan fingerprint density at radius 3 is 2.53 bits per heavy atom. The zero-order chi connectivity index (χ0) is 22.8. The van der Waals surface area contributed by atoms with Crippen molar-refractivity contribution in [3.05, 3.63) is 85.2 Å². The molecule has 2 aromatic carbocycles. The number of halogens is 3. The summed E-state index contributed by atoms with van der Waals surface area (Å²) in [6, 6.07) is 11.8. The van der Waals surface area contributed by atoms with E-state index in [0.717, 1.165) is 16.5 Å². The van der Waals surface area contributed by atoms with E-state index in [4.69, 9.17) is 27.6 Å². The molecule has 9 heteroatoms. The fraction of sp³-hybridized carbons (Fsp3) is 0.174. The number of nitrogens with zero attached hydrogens (tertiary/aromatic N) is 1. The second-order valence-corrected chi connectivity index (χ2v) is 9.05. The van der Waals surface area contributed by atoms with Gasteiger partial charge >= 0.3 is 0 Å². The summed E-state index contributed by atoms with van der Waals surface area (Å²) in [5, 5.41) is 7.91. The first-order valence-electron chi connectivity index (χ1n) is 9.85. The number of hydrogen-bond acceptors (Lipinski definition) is 4. The highest BCUT2D eigenvalue weighted by molar-refractivity contribution is 9.10. The summed E-state index contributed by atoms with van der Waals surface area (Å²) in [4.78, 5) is 25.3. The summed E-state index contributed by atoms with van der Waals surface area (Å²) < 4.78 is 6.78. The molecule has 164 valence electrons. The Hall–Kier alpha value is -2.61. The summed E-state index contributed by atoms with van der Waals surface area (Å²) in [6.45, 7) is 1.80. The van der Waals surface area contributed by atoms with Crippen LogP contribution in [0.1, 0.15) is 50.6 Å². The number of fused-ring (bicyclic) bond motifs is 1. The first-order chi connectivity index (χ1) is 15.3. The van der Waals surface area contributed by atoms with Gasteiger partial charge in [-0.1, -0.05) is 39.1 Å². The van der Waals surface area contributed by atoms with E-state index in [0.29, 0.717) is 51.2 Å². The van der Waals surface area contributed by atoms with E-state index in [-0.39, 0.29) is 11.7 Å². The molecule has 0 fully saturated rings. The third-order valence-electron chi connectivity index (χ3n) is 5.11. The number of carbonyl (C=O) groups excluding carboxylic acids is 2. The van der Waals surface area contributed by atoms with Crippen LogP contribution in [0.2, 0.25) is 10.0 Å². The van der Waals surface area contributed by atoms with Crippen LogP contribution in [0.4, 0.5) is 5.69 Å². The Bertz CT molecular complexity index is 1240. The fourth-order valence-corrected chi connectivity index (χ4v) is 4.27. The molecular weight excluding hydrogens is 517 g/mol. The van der Waals surface area contributed by atoms with E-state index in [1.807, 2.05) is 0 Å². The van der Waals surface area contributed by atoms with Crippen molar-refractivity contribution < 1.29 is 14.0 Å². The van der Waals surface area contributed by atoms with Crippen molar-refractivity contribution in [2.45, 2.75) is 26.2 Å². The van der Waals surface area contributed by atoms with E-state index in [1.54, 1.807) is 49.4 Å². The molecule has 0 aliphatic heterocycles. The number of aryl methyl sites for hydroxylation is 1. The van der Waals surface area contributed by atoms with Crippen LogP contribution in [-0.4, -0.2) is 17.5 Å². The summed E-state index contributed by atoms with van der Waals surface area (Å²) in [7, 11) is 0. The molecule has 1 aliphatic carbocycles. The first-order valence-corrected chi connectivity index (χ1v) is 11.4. The molecule has 0 bridgehead atoms.